The maximum absolute atomic E-state index is 12.0. The fourth-order valence-electron chi connectivity index (χ4n) is 2.31. The van der Waals surface area contributed by atoms with E-state index in [-0.39, 0.29) is 18.3 Å². The van der Waals surface area contributed by atoms with Gasteiger partial charge in [0.2, 0.25) is 5.91 Å². The molecule has 27 heavy (non-hydrogen) atoms. The molecular formula is C20H16N4O2S. The second-order valence-corrected chi connectivity index (χ2v) is 6.45. The number of para-hydroxylation sites is 1. The van der Waals surface area contributed by atoms with Gasteiger partial charge in [-0.3, -0.25) is 9.78 Å². The molecule has 1 N–H and O–H groups in total. The number of aromatic nitrogens is 1. The van der Waals surface area contributed by atoms with Gasteiger partial charge in [-0.05, 0) is 42.0 Å². The number of hydrogen-bond acceptors (Lipinski definition) is 6. The second kappa shape index (κ2) is 9.36. The SMILES string of the molecule is N#CCOc1ccc(/C=N\NC(=O)CSc2cccc3cccnc23)cc1. The highest BCUT2D eigenvalue weighted by atomic mass is 32.2. The molecule has 0 atom stereocenters. The molecule has 3 rings (SSSR count). The van der Waals surface area contributed by atoms with Crippen LogP contribution in [0.2, 0.25) is 0 Å². The van der Waals surface area contributed by atoms with Gasteiger partial charge in [0.15, 0.2) is 6.61 Å². The third kappa shape index (κ3) is 5.30. The van der Waals surface area contributed by atoms with Gasteiger partial charge in [-0.1, -0.05) is 18.2 Å². The van der Waals surface area contributed by atoms with Crippen molar-refractivity contribution in [3.05, 3.63) is 66.4 Å². The van der Waals surface area contributed by atoms with Crippen molar-refractivity contribution in [1.29, 1.82) is 5.26 Å². The highest BCUT2D eigenvalue weighted by Gasteiger charge is 2.06. The van der Waals surface area contributed by atoms with Crippen LogP contribution in [0.5, 0.6) is 5.75 Å². The molecular weight excluding hydrogens is 360 g/mol. The van der Waals surface area contributed by atoms with E-state index in [1.807, 2.05) is 36.4 Å². The number of carbonyl (C=O) groups is 1. The van der Waals surface area contributed by atoms with Gasteiger partial charge in [-0.2, -0.15) is 10.4 Å². The summed E-state index contributed by atoms with van der Waals surface area (Å²) >= 11 is 1.42. The van der Waals surface area contributed by atoms with Crippen molar-refractivity contribution in [2.24, 2.45) is 5.10 Å². The molecule has 0 bridgehead atoms. The smallest absolute Gasteiger partial charge is 0.250 e. The third-order valence-corrected chi connectivity index (χ3v) is 4.59. The summed E-state index contributed by atoms with van der Waals surface area (Å²) in [5.41, 5.74) is 4.21. The Balaban J connectivity index is 1.51. The molecule has 1 heterocycles. The number of nitriles is 1. The number of fused-ring (bicyclic) bond motifs is 1. The van der Waals surface area contributed by atoms with Gasteiger partial charge in [0.05, 0.1) is 17.5 Å². The van der Waals surface area contributed by atoms with Gasteiger partial charge in [-0.15, -0.1) is 11.8 Å². The summed E-state index contributed by atoms with van der Waals surface area (Å²) < 4.78 is 5.17. The zero-order valence-corrected chi connectivity index (χ0v) is 15.1. The number of nitrogens with one attached hydrogen (secondary N) is 1. The first-order valence-electron chi connectivity index (χ1n) is 8.14. The van der Waals surface area contributed by atoms with E-state index in [0.29, 0.717) is 5.75 Å². The quantitative estimate of drug-likeness (QED) is 0.388. The summed E-state index contributed by atoms with van der Waals surface area (Å²) in [4.78, 5) is 17.3. The minimum Gasteiger partial charge on any atom is -0.479 e. The van der Waals surface area contributed by atoms with Crippen LogP contribution in [0.15, 0.2) is 70.8 Å². The molecule has 0 saturated heterocycles. The van der Waals surface area contributed by atoms with E-state index in [1.165, 1.54) is 11.8 Å². The van der Waals surface area contributed by atoms with Crippen molar-refractivity contribution >= 4 is 34.8 Å². The lowest BCUT2D eigenvalue weighted by Gasteiger charge is -2.04. The van der Waals surface area contributed by atoms with E-state index in [4.69, 9.17) is 10.00 Å². The first kappa shape index (κ1) is 18.4. The van der Waals surface area contributed by atoms with E-state index in [0.717, 1.165) is 21.4 Å². The third-order valence-electron chi connectivity index (χ3n) is 3.54. The van der Waals surface area contributed by atoms with Crippen LogP contribution < -0.4 is 10.2 Å². The minimum atomic E-state index is -0.196. The highest BCUT2D eigenvalue weighted by Crippen LogP contribution is 2.25. The molecule has 3 aromatic rings. The van der Waals surface area contributed by atoms with Gasteiger partial charge in [0.25, 0.3) is 0 Å². The van der Waals surface area contributed by atoms with Crippen LogP contribution in [-0.4, -0.2) is 29.5 Å². The Hall–Kier alpha value is -3.37. The van der Waals surface area contributed by atoms with E-state index in [1.54, 1.807) is 36.7 Å². The fraction of sp³-hybridized carbons (Fsp3) is 0.100. The summed E-state index contributed by atoms with van der Waals surface area (Å²) in [6.07, 6.45) is 3.30. The lowest BCUT2D eigenvalue weighted by Crippen LogP contribution is -2.19. The van der Waals surface area contributed by atoms with Crippen LogP contribution in [0.3, 0.4) is 0 Å². The molecule has 1 aromatic heterocycles. The Morgan fingerprint density at radius 2 is 2.04 bits per heavy atom. The molecule has 2 aromatic carbocycles. The van der Waals surface area contributed by atoms with Gasteiger partial charge >= 0.3 is 0 Å². The standard InChI is InChI=1S/C20H16N4O2S/c21-10-12-26-17-8-6-15(7-9-17)13-23-24-19(25)14-27-18-5-1-3-16-4-2-11-22-20(16)18/h1-9,11,13H,12,14H2,(H,24,25)/b23-13-. The van der Waals surface area contributed by atoms with E-state index >= 15 is 0 Å². The largest absolute Gasteiger partial charge is 0.479 e. The summed E-state index contributed by atoms with van der Waals surface area (Å²) in [7, 11) is 0. The van der Waals surface area contributed by atoms with Crippen LogP contribution in [-0.2, 0) is 4.79 Å². The predicted molar refractivity (Wildman–Crippen MR) is 106 cm³/mol. The molecule has 0 unspecified atom stereocenters. The average Bonchev–Trinajstić information content (AvgIpc) is 2.71. The van der Waals surface area contributed by atoms with Gasteiger partial charge in [0, 0.05) is 16.5 Å². The number of hydrazone groups is 1. The minimum absolute atomic E-state index is 0.00732. The number of pyridine rings is 1. The first-order valence-corrected chi connectivity index (χ1v) is 9.13. The van der Waals surface area contributed by atoms with Crippen LogP contribution in [0.4, 0.5) is 0 Å². The molecule has 0 saturated carbocycles. The molecule has 0 aliphatic heterocycles. The van der Waals surface area contributed by atoms with Crippen molar-refractivity contribution in [2.75, 3.05) is 12.4 Å². The Morgan fingerprint density at radius 1 is 1.22 bits per heavy atom. The van der Waals surface area contributed by atoms with Crippen LogP contribution >= 0.6 is 11.8 Å². The van der Waals surface area contributed by atoms with Crippen LogP contribution in [0.1, 0.15) is 5.56 Å². The summed E-state index contributed by atoms with van der Waals surface area (Å²) in [6.45, 7) is 0.00732. The molecule has 0 spiro atoms. The monoisotopic (exact) mass is 376 g/mol. The fourth-order valence-corrected chi connectivity index (χ4v) is 3.15. The molecule has 0 aliphatic rings. The zero-order chi connectivity index (χ0) is 18.9. The van der Waals surface area contributed by atoms with E-state index in [9.17, 15) is 4.79 Å². The van der Waals surface area contributed by atoms with Crippen molar-refractivity contribution in [1.82, 2.24) is 10.4 Å². The Bertz CT molecular complexity index is 992. The summed E-state index contributed by atoms with van der Waals surface area (Å²) in [5, 5.41) is 13.5. The van der Waals surface area contributed by atoms with Crippen molar-refractivity contribution in [3.8, 4) is 11.8 Å². The Kier molecular flexibility index (Phi) is 6.39. The topological polar surface area (TPSA) is 87.4 Å². The lowest BCUT2D eigenvalue weighted by atomic mass is 10.2. The van der Waals surface area contributed by atoms with E-state index < -0.39 is 0 Å². The molecule has 0 radical (unpaired) electrons. The number of benzene rings is 2. The lowest BCUT2D eigenvalue weighted by molar-refractivity contribution is -0.118. The number of carbonyl (C=O) groups excluding carboxylic acids is 1. The normalized spacial score (nSPS) is 10.6. The predicted octanol–water partition coefficient (Wildman–Crippen LogP) is 3.38. The molecule has 7 heteroatoms. The molecule has 0 fully saturated rings. The summed E-state index contributed by atoms with van der Waals surface area (Å²) in [6, 6.07) is 18.7. The highest BCUT2D eigenvalue weighted by molar-refractivity contribution is 8.00. The van der Waals surface area contributed by atoms with Gasteiger partial charge in [0.1, 0.15) is 11.8 Å². The molecule has 134 valence electrons. The Labute approximate surface area is 160 Å². The zero-order valence-electron chi connectivity index (χ0n) is 14.3. The number of ether oxygens (including phenoxy) is 1. The van der Waals surface area contributed by atoms with Crippen molar-refractivity contribution in [3.63, 3.8) is 0 Å². The van der Waals surface area contributed by atoms with Gasteiger partial charge < -0.3 is 4.74 Å². The van der Waals surface area contributed by atoms with Crippen molar-refractivity contribution < 1.29 is 9.53 Å². The maximum Gasteiger partial charge on any atom is 0.250 e. The first-order chi connectivity index (χ1) is 13.3. The molecule has 0 aliphatic carbocycles. The number of hydrogen-bond donors (Lipinski definition) is 1. The van der Waals surface area contributed by atoms with Crippen LogP contribution in [0, 0.1) is 11.3 Å². The number of amides is 1. The van der Waals surface area contributed by atoms with Crippen molar-refractivity contribution in [2.45, 2.75) is 4.90 Å². The average molecular weight is 376 g/mol. The second-order valence-electron chi connectivity index (χ2n) is 5.43. The number of nitrogens with zero attached hydrogens (tertiary/aromatic N) is 3. The molecule has 6 nitrogen and oxygen atoms in total. The number of rotatable bonds is 7. The molecule has 1 amide bonds. The van der Waals surface area contributed by atoms with E-state index in [2.05, 4.69) is 15.5 Å². The maximum atomic E-state index is 12.0. The van der Waals surface area contributed by atoms with Crippen LogP contribution in [0.25, 0.3) is 10.9 Å². The summed E-state index contributed by atoms with van der Waals surface area (Å²) in [5.74, 6) is 0.657. The Morgan fingerprint density at radius 3 is 2.85 bits per heavy atom. The number of thioether (sulfide) groups is 1. The van der Waals surface area contributed by atoms with Gasteiger partial charge in [-0.25, -0.2) is 5.43 Å².